The van der Waals surface area contributed by atoms with Gasteiger partial charge in [0.1, 0.15) is 6.33 Å². The van der Waals surface area contributed by atoms with Crippen LogP contribution in [0, 0.1) is 5.92 Å². The molecular formula is C12H18N6. The minimum atomic E-state index is 0.771. The van der Waals surface area contributed by atoms with Gasteiger partial charge in [0.2, 0.25) is 0 Å². The van der Waals surface area contributed by atoms with Crippen molar-refractivity contribution in [3.05, 3.63) is 6.33 Å². The van der Waals surface area contributed by atoms with Gasteiger partial charge >= 0.3 is 0 Å². The number of anilines is 1. The summed E-state index contributed by atoms with van der Waals surface area (Å²) >= 11 is 0. The second-order valence-corrected chi connectivity index (χ2v) is 4.82. The van der Waals surface area contributed by atoms with Gasteiger partial charge in [0.25, 0.3) is 0 Å². The second-order valence-electron chi connectivity index (χ2n) is 4.82. The summed E-state index contributed by atoms with van der Waals surface area (Å²) in [5.74, 6) is 1.65. The average molecular weight is 246 g/mol. The molecule has 1 aliphatic rings. The third-order valence-electron chi connectivity index (χ3n) is 3.62. The van der Waals surface area contributed by atoms with Crippen LogP contribution in [-0.4, -0.2) is 31.5 Å². The summed E-state index contributed by atoms with van der Waals surface area (Å²) in [7, 11) is 0. The molecule has 0 bridgehead atoms. The summed E-state index contributed by atoms with van der Waals surface area (Å²) < 4.78 is 1.90. The molecule has 3 rings (SSSR count). The van der Waals surface area contributed by atoms with Gasteiger partial charge in [-0.1, -0.05) is 24.5 Å². The maximum absolute atomic E-state index is 4.29. The smallest absolute Gasteiger partial charge is 0.183 e. The highest BCUT2D eigenvalue weighted by Crippen LogP contribution is 2.30. The molecule has 0 unspecified atom stereocenters. The van der Waals surface area contributed by atoms with Crippen molar-refractivity contribution in [2.45, 2.75) is 39.2 Å². The van der Waals surface area contributed by atoms with Crippen LogP contribution in [0.2, 0.25) is 0 Å². The zero-order chi connectivity index (χ0) is 12.4. The van der Waals surface area contributed by atoms with Crippen LogP contribution in [-0.2, 0) is 6.54 Å². The predicted molar refractivity (Wildman–Crippen MR) is 69.2 cm³/mol. The van der Waals surface area contributed by atoms with Gasteiger partial charge in [0.05, 0.1) is 0 Å². The Kier molecular flexibility index (Phi) is 3.08. The third kappa shape index (κ3) is 2.02. The molecule has 18 heavy (non-hydrogen) atoms. The molecule has 0 radical (unpaired) electrons. The van der Waals surface area contributed by atoms with Crippen molar-refractivity contribution in [2.24, 2.45) is 5.92 Å². The van der Waals surface area contributed by atoms with Gasteiger partial charge in [-0.15, -0.1) is 5.10 Å². The molecule has 0 aromatic carbocycles. The van der Waals surface area contributed by atoms with Crippen molar-refractivity contribution in [1.29, 1.82) is 0 Å². The molecule has 6 nitrogen and oxygen atoms in total. The van der Waals surface area contributed by atoms with Crippen LogP contribution in [0.25, 0.3) is 11.2 Å². The Morgan fingerprint density at radius 2 is 2.28 bits per heavy atom. The zero-order valence-electron chi connectivity index (χ0n) is 10.6. The molecule has 1 fully saturated rings. The third-order valence-corrected chi connectivity index (χ3v) is 3.62. The number of nitrogens with one attached hydrogen (secondary N) is 1. The van der Waals surface area contributed by atoms with Crippen molar-refractivity contribution >= 4 is 17.0 Å². The van der Waals surface area contributed by atoms with E-state index in [9.17, 15) is 0 Å². The molecule has 0 saturated heterocycles. The van der Waals surface area contributed by atoms with E-state index < -0.39 is 0 Å². The number of nitrogens with zero attached hydrogens (tertiary/aromatic N) is 5. The van der Waals surface area contributed by atoms with Gasteiger partial charge in [-0.3, -0.25) is 0 Å². The second kappa shape index (κ2) is 4.88. The van der Waals surface area contributed by atoms with Crippen molar-refractivity contribution in [2.75, 3.05) is 11.9 Å². The normalized spacial score (nSPS) is 15.8. The van der Waals surface area contributed by atoms with E-state index in [4.69, 9.17) is 0 Å². The van der Waals surface area contributed by atoms with E-state index >= 15 is 0 Å². The number of fused-ring (bicyclic) bond motifs is 1. The monoisotopic (exact) mass is 246 g/mol. The predicted octanol–water partition coefficient (Wildman–Crippen LogP) is 1.84. The van der Waals surface area contributed by atoms with Crippen LogP contribution in [0.3, 0.4) is 0 Å². The first-order valence-electron chi connectivity index (χ1n) is 6.66. The Morgan fingerprint density at radius 1 is 1.39 bits per heavy atom. The van der Waals surface area contributed by atoms with Crippen molar-refractivity contribution < 1.29 is 0 Å². The molecule has 6 heteroatoms. The molecule has 1 saturated carbocycles. The largest absolute Gasteiger partial charge is 0.368 e. The highest BCUT2D eigenvalue weighted by Gasteiger charge is 2.18. The lowest BCUT2D eigenvalue weighted by Gasteiger charge is -2.24. The molecule has 2 aromatic heterocycles. The Bertz CT molecular complexity index is 530. The fraction of sp³-hybridized carbons (Fsp3) is 0.667. The minimum Gasteiger partial charge on any atom is -0.368 e. The SMILES string of the molecule is CCNc1ncnc2c1nnn2CCC1CCC1. The molecule has 2 aromatic rings. The fourth-order valence-electron chi connectivity index (χ4n) is 2.33. The van der Waals surface area contributed by atoms with Gasteiger partial charge in [-0.2, -0.15) is 0 Å². The summed E-state index contributed by atoms with van der Waals surface area (Å²) in [5, 5.41) is 11.6. The van der Waals surface area contributed by atoms with Crippen LogP contribution in [0.1, 0.15) is 32.6 Å². The first-order chi connectivity index (χ1) is 8.88. The number of hydrogen-bond acceptors (Lipinski definition) is 5. The maximum atomic E-state index is 4.29. The molecule has 2 heterocycles. The van der Waals surface area contributed by atoms with Crippen LogP contribution in [0.5, 0.6) is 0 Å². The lowest BCUT2D eigenvalue weighted by molar-refractivity contribution is 0.278. The number of aromatic nitrogens is 5. The van der Waals surface area contributed by atoms with E-state index in [1.54, 1.807) is 6.33 Å². The van der Waals surface area contributed by atoms with E-state index in [0.29, 0.717) is 0 Å². The fourth-order valence-corrected chi connectivity index (χ4v) is 2.33. The number of hydrogen-bond donors (Lipinski definition) is 1. The molecule has 0 atom stereocenters. The van der Waals surface area contributed by atoms with Crippen LogP contribution in [0.4, 0.5) is 5.82 Å². The Hall–Kier alpha value is -1.72. The Balaban J connectivity index is 1.81. The molecular weight excluding hydrogens is 228 g/mol. The summed E-state index contributed by atoms with van der Waals surface area (Å²) in [6.45, 7) is 3.76. The van der Waals surface area contributed by atoms with Crippen molar-refractivity contribution in [3.63, 3.8) is 0 Å². The van der Waals surface area contributed by atoms with Crippen LogP contribution in [0.15, 0.2) is 6.33 Å². The van der Waals surface area contributed by atoms with E-state index in [-0.39, 0.29) is 0 Å². The Labute approximate surface area is 106 Å². The quantitative estimate of drug-likeness (QED) is 0.871. The van der Waals surface area contributed by atoms with Crippen LogP contribution < -0.4 is 5.32 Å². The number of rotatable bonds is 5. The summed E-state index contributed by atoms with van der Waals surface area (Å²) in [5.41, 5.74) is 1.60. The first-order valence-corrected chi connectivity index (χ1v) is 6.66. The average Bonchev–Trinajstić information content (AvgIpc) is 2.72. The highest BCUT2D eigenvalue weighted by atomic mass is 15.4. The van der Waals surface area contributed by atoms with Gasteiger partial charge < -0.3 is 5.32 Å². The summed E-state index contributed by atoms with van der Waals surface area (Å²) in [6.07, 6.45) is 6.87. The lowest BCUT2D eigenvalue weighted by atomic mass is 9.83. The molecule has 0 spiro atoms. The molecule has 1 aliphatic carbocycles. The first kappa shape index (κ1) is 11.4. The van der Waals surface area contributed by atoms with Crippen LogP contribution >= 0.6 is 0 Å². The van der Waals surface area contributed by atoms with E-state index in [1.807, 2.05) is 11.6 Å². The maximum Gasteiger partial charge on any atom is 0.183 e. The minimum absolute atomic E-state index is 0.771. The summed E-state index contributed by atoms with van der Waals surface area (Å²) in [4.78, 5) is 8.49. The topological polar surface area (TPSA) is 68.5 Å². The molecule has 96 valence electrons. The van der Waals surface area contributed by atoms with E-state index in [0.717, 1.165) is 36.0 Å². The van der Waals surface area contributed by atoms with Gasteiger partial charge in [0, 0.05) is 13.1 Å². The number of aryl methyl sites for hydroxylation is 1. The molecule has 0 aliphatic heterocycles. The van der Waals surface area contributed by atoms with Gasteiger partial charge in [0.15, 0.2) is 17.0 Å². The highest BCUT2D eigenvalue weighted by molar-refractivity contribution is 5.81. The van der Waals surface area contributed by atoms with E-state index in [2.05, 4.69) is 25.6 Å². The van der Waals surface area contributed by atoms with Gasteiger partial charge in [-0.25, -0.2) is 14.6 Å². The molecule has 1 N–H and O–H groups in total. The van der Waals surface area contributed by atoms with Crippen molar-refractivity contribution in [1.82, 2.24) is 25.0 Å². The van der Waals surface area contributed by atoms with Crippen molar-refractivity contribution in [3.8, 4) is 0 Å². The standard InChI is InChI=1S/C12H18N6/c1-2-13-11-10-12(15-8-14-11)18(17-16-10)7-6-9-4-3-5-9/h8-9H,2-7H2,1H3,(H,13,14,15). The Morgan fingerprint density at radius 3 is 3.00 bits per heavy atom. The lowest BCUT2D eigenvalue weighted by Crippen LogP contribution is -2.14. The van der Waals surface area contributed by atoms with Gasteiger partial charge in [-0.05, 0) is 19.3 Å². The summed E-state index contributed by atoms with van der Waals surface area (Å²) in [6, 6.07) is 0. The van der Waals surface area contributed by atoms with E-state index in [1.165, 1.54) is 25.7 Å². The molecule has 0 amide bonds. The zero-order valence-corrected chi connectivity index (χ0v) is 10.6.